The molecule has 32 heavy (non-hydrogen) atoms. The van der Waals surface area contributed by atoms with Crippen molar-refractivity contribution in [2.24, 2.45) is 5.92 Å². The lowest BCUT2D eigenvalue weighted by atomic mass is 9.75. The Kier molecular flexibility index (Phi) is 7.32. The molecule has 2 heterocycles. The molecule has 1 amide bonds. The van der Waals surface area contributed by atoms with Gasteiger partial charge in [-0.3, -0.25) is 14.8 Å². The third-order valence-corrected chi connectivity index (χ3v) is 6.13. The highest BCUT2D eigenvalue weighted by molar-refractivity contribution is 6.30. The standard InChI is InChI=1S/C23H27ClF3N3O2/c1-14(18(9-15-5-4-6-15)16-10-17(24)12-29-11-16)30-21(31)22(2,3)32-20-7-8-28-13-19(20)23(25,26)27/h7-8,10-15,18H,4-6,9H2,1-3H3,(H,30,31). The number of nitrogens with zero attached hydrogens (tertiary/aromatic N) is 2. The minimum atomic E-state index is -4.64. The molecule has 2 aromatic heterocycles. The Labute approximate surface area is 190 Å². The molecule has 1 N–H and O–H groups in total. The fourth-order valence-corrected chi connectivity index (χ4v) is 4.02. The van der Waals surface area contributed by atoms with E-state index in [0.29, 0.717) is 17.1 Å². The molecule has 1 saturated carbocycles. The Morgan fingerprint density at radius 3 is 2.56 bits per heavy atom. The zero-order chi connectivity index (χ0) is 23.5. The predicted octanol–water partition coefficient (Wildman–Crippen LogP) is 5.78. The summed E-state index contributed by atoms with van der Waals surface area (Å²) in [6.45, 7) is 4.76. The Morgan fingerprint density at radius 2 is 1.97 bits per heavy atom. The summed E-state index contributed by atoms with van der Waals surface area (Å²) < 4.78 is 45.4. The average molecular weight is 470 g/mol. The Balaban J connectivity index is 1.76. The van der Waals surface area contributed by atoms with Gasteiger partial charge in [0.2, 0.25) is 0 Å². The molecule has 0 saturated heterocycles. The van der Waals surface area contributed by atoms with Crippen LogP contribution in [-0.2, 0) is 11.0 Å². The van der Waals surface area contributed by atoms with E-state index in [4.69, 9.17) is 16.3 Å². The highest BCUT2D eigenvalue weighted by Crippen LogP contribution is 2.39. The van der Waals surface area contributed by atoms with E-state index in [1.807, 2.05) is 13.0 Å². The van der Waals surface area contributed by atoms with Crippen molar-refractivity contribution in [3.8, 4) is 5.75 Å². The fourth-order valence-electron chi connectivity index (χ4n) is 3.83. The van der Waals surface area contributed by atoms with E-state index in [9.17, 15) is 18.0 Å². The number of carbonyl (C=O) groups excluding carboxylic acids is 1. The van der Waals surface area contributed by atoms with Crippen LogP contribution in [0.4, 0.5) is 13.2 Å². The van der Waals surface area contributed by atoms with Crippen LogP contribution in [0.5, 0.6) is 5.75 Å². The van der Waals surface area contributed by atoms with E-state index >= 15 is 0 Å². The lowest BCUT2D eigenvalue weighted by Crippen LogP contribution is -2.51. The second-order valence-corrected chi connectivity index (χ2v) is 9.26. The number of ether oxygens (including phenoxy) is 1. The van der Waals surface area contributed by atoms with Crippen LogP contribution in [0.3, 0.4) is 0 Å². The Morgan fingerprint density at radius 1 is 1.25 bits per heavy atom. The van der Waals surface area contributed by atoms with Gasteiger partial charge in [-0.25, -0.2) is 0 Å². The van der Waals surface area contributed by atoms with Crippen LogP contribution >= 0.6 is 11.6 Å². The molecule has 1 fully saturated rings. The van der Waals surface area contributed by atoms with Crippen LogP contribution in [0.1, 0.15) is 63.5 Å². The summed E-state index contributed by atoms with van der Waals surface area (Å²) in [5, 5.41) is 3.45. The molecule has 1 aliphatic rings. The van der Waals surface area contributed by atoms with Gasteiger partial charge >= 0.3 is 6.18 Å². The highest BCUT2D eigenvalue weighted by Gasteiger charge is 2.39. The first-order valence-corrected chi connectivity index (χ1v) is 11.0. The van der Waals surface area contributed by atoms with E-state index in [1.165, 1.54) is 26.5 Å². The molecule has 0 aliphatic heterocycles. The Hall–Kier alpha value is -2.35. The molecule has 2 atom stereocenters. The molecular formula is C23H27ClF3N3O2. The van der Waals surface area contributed by atoms with Crippen molar-refractivity contribution < 1.29 is 22.7 Å². The van der Waals surface area contributed by atoms with Gasteiger partial charge in [0, 0.05) is 36.7 Å². The minimum absolute atomic E-state index is 0.0297. The van der Waals surface area contributed by atoms with Crippen LogP contribution in [0, 0.1) is 5.92 Å². The van der Waals surface area contributed by atoms with Gasteiger partial charge in [-0.2, -0.15) is 13.2 Å². The molecular weight excluding hydrogens is 443 g/mol. The second kappa shape index (κ2) is 9.65. The molecule has 3 rings (SSSR count). The van der Waals surface area contributed by atoms with Crippen molar-refractivity contribution in [2.45, 2.75) is 70.2 Å². The molecule has 9 heteroatoms. The summed E-state index contributed by atoms with van der Waals surface area (Å²) in [6, 6.07) is 2.65. The van der Waals surface area contributed by atoms with E-state index in [1.54, 1.807) is 12.4 Å². The number of halogens is 4. The number of rotatable bonds is 8. The number of carbonyl (C=O) groups is 1. The second-order valence-electron chi connectivity index (χ2n) is 8.82. The zero-order valence-electron chi connectivity index (χ0n) is 18.2. The molecule has 5 nitrogen and oxygen atoms in total. The predicted molar refractivity (Wildman–Crippen MR) is 115 cm³/mol. The molecule has 0 bridgehead atoms. The van der Waals surface area contributed by atoms with Crippen LogP contribution in [0.2, 0.25) is 5.02 Å². The van der Waals surface area contributed by atoms with Gasteiger partial charge in [0.05, 0.1) is 5.02 Å². The van der Waals surface area contributed by atoms with Crippen molar-refractivity contribution in [1.29, 1.82) is 0 Å². The molecule has 0 aromatic carbocycles. The third-order valence-electron chi connectivity index (χ3n) is 5.93. The number of nitrogens with one attached hydrogen (secondary N) is 1. The van der Waals surface area contributed by atoms with Crippen molar-refractivity contribution in [3.05, 3.63) is 53.1 Å². The monoisotopic (exact) mass is 469 g/mol. The quantitative estimate of drug-likeness (QED) is 0.532. The van der Waals surface area contributed by atoms with Crippen molar-refractivity contribution in [3.63, 3.8) is 0 Å². The lowest BCUT2D eigenvalue weighted by molar-refractivity contribution is -0.144. The van der Waals surface area contributed by atoms with E-state index in [0.717, 1.165) is 30.9 Å². The van der Waals surface area contributed by atoms with Crippen LogP contribution < -0.4 is 10.1 Å². The van der Waals surface area contributed by atoms with Gasteiger partial charge in [-0.15, -0.1) is 0 Å². The molecule has 2 aromatic rings. The molecule has 0 radical (unpaired) electrons. The summed E-state index contributed by atoms with van der Waals surface area (Å²) in [5.41, 5.74) is -1.64. The summed E-state index contributed by atoms with van der Waals surface area (Å²) >= 11 is 6.13. The average Bonchev–Trinajstić information content (AvgIpc) is 2.66. The first-order valence-electron chi connectivity index (χ1n) is 10.6. The normalized spacial score (nSPS) is 16.7. The van der Waals surface area contributed by atoms with Crippen molar-refractivity contribution in [1.82, 2.24) is 15.3 Å². The first-order chi connectivity index (χ1) is 15.0. The van der Waals surface area contributed by atoms with Gasteiger partial charge < -0.3 is 10.1 Å². The summed E-state index contributed by atoms with van der Waals surface area (Å²) in [6.07, 6.45) is 4.88. The molecule has 1 aliphatic carbocycles. The van der Waals surface area contributed by atoms with Gasteiger partial charge in [-0.1, -0.05) is 30.9 Å². The molecule has 0 spiro atoms. The van der Waals surface area contributed by atoms with E-state index < -0.39 is 29.0 Å². The molecule has 2 unspecified atom stereocenters. The summed E-state index contributed by atoms with van der Waals surface area (Å²) in [4.78, 5) is 20.7. The first kappa shape index (κ1) is 24.3. The highest BCUT2D eigenvalue weighted by atomic mass is 35.5. The molecule has 174 valence electrons. The number of aromatic nitrogens is 2. The van der Waals surface area contributed by atoms with Gasteiger partial charge in [0.15, 0.2) is 5.60 Å². The third kappa shape index (κ3) is 5.91. The SMILES string of the molecule is CC(NC(=O)C(C)(C)Oc1ccncc1C(F)(F)F)C(CC1CCC1)c1cncc(Cl)c1. The number of hydrogen-bond donors (Lipinski definition) is 1. The minimum Gasteiger partial charge on any atom is -0.477 e. The van der Waals surface area contributed by atoms with Crippen LogP contribution in [-0.4, -0.2) is 27.5 Å². The smallest absolute Gasteiger partial charge is 0.421 e. The maximum absolute atomic E-state index is 13.3. The van der Waals surface area contributed by atoms with Gasteiger partial charge in [-0.05, 0) is 50.8 Å². The van der Waals surface area contributed by atoms with Gasteiger partial charge in [0.25, 0.3) is 5.91 Å². The summed E-state index contributed by atoms with van der Waals surface area (Å²) in [5.74, 6) is -0.416. The summed E-state index contributed by atoms with van der Waals surface area (Å²) in [7, 11) is 0. The number of alkyl halides is 3. The van der Waals surface area contributed by atoms with Crippen molar-refractivity contribution in [2.75, 3.05) is 0 Å². The Bertz CT molecular complexity index is 948. The maximum atomic E-state index is 13.3. The van der Waals surface area contributed by atoms with Crippen LogP contribution in [0.15, 0.2) is 36.9 Å². The number of hydrogen-bond acceptors (Lipinski definition) is 4. The van der Waals surface area contributed by atoms with E-state index in [2.05, 4.69) is 15.3 Å². The lowest BCUT2D eigenvalue weighted by Gasteiger charge is -2.35. The zero-order valence-corrected chi connectivity index (χ0v) is 19.0. The maximum Gasteiger partial charge on any atom is 0.421 e. The number of pyridine rings is 2. The van der Waals surface area contributed by atoms with E-state index in [-0.39, 0.29) is 12.0 Å². The topological polar surface area (TPSA) is 64.1 Å². The van der Waals surface area contributed by atoms with Crippen LogP contribution in [0.25, 0.3) is 0 Å². The number of amides is 1. The van der Waals surface area contributed by atoms with Crippen molar-refractivity contribution >= 4 is 17.5 Å². The largest absolute Gasteiger partial charge is 0.477 e. The van der Waals surface area contributed by atoms with Gasteiger partial charge in [0.1, 0.15) is 11.3 Å². The fraction of sp³-hybridized carbons (Fsp3) is 0.522.